The second-order valence-corrected chi connectivity index (χ2v) is 2.94. The molecule has 0 spiro atoms. The zero-order valence-corrected chi connectivity index (χ0v) is 8.12. The van der Waals surface area contributed by atoms with Gasteiger partial charge in [0, 0.05) is 6.20 Å². The number of amides is 1. The zero-order chi connectivity index (χ0) is 12.1. The lowest BCUT2D eigenvalue weighted by atomic mass is 10.2. The van der Waals surface area contributed by atoms with Crippen LogP contribution in [0.2, 0.25) is 0 Å². The average Bonchev–Trinajstić information content (AvgIpc) is 2.25. The van der Waals surface area contributed by atoms with Crippen LogP contribution in [0.25, 0.3) is 0 Å². The van der Waals surface area contributed by atoms with Crippen LogP contribution in [0.4, 0.5) is 0 Å². The van der Waals surface area contributed by atoms with Crippen LogP contribution in [0.1, 0.15) is 10.4 Å². The SMILES string of the molecule is O=C(NC(CO)C(=O)O)c1ccncc1O. The molecule has 1 unspecified atom stereocenters. The van der Waals surface area contributed by atoms with Crippen LogP contribution in [0, 0.1) is 0 Å². The van der Waals surface area contributed by atoms with Gasteiger partial charge in [-0.1, -0.05) is 0 Å². The molecule has 0 fully saturated rings. The van der Waals surface area contributed by atoms with Gasteiger partial charge in [-0.15, -0.1) is 0 Å². The maximum atomic E-state index is 11.5. The number of aliphatic hydroxyl groups excluding tert-OH is 1. The number of pyridine rings is 1. The molecule has 0 aliphatic heterocycles. The van der Waals surface area contributed by atoms with E-state index < -0.39 is 24.5 Å². The minimum atomic E-state index is -1.40. The molecule has 16 heavy (non-hydrogen) atoms. The van der Waals surface area contributed by atoms with E-state index in [1.54, 1.807) is 0 Å². The van der Waals surface area contributed by atoms with E-state index in [2.05, 4.69) is 4.98 Å². The number of aromatic nitrogens is 1. The number of hydrogen-bond acceptors (Lipinski definition) is 5. The van der Waals surface area contributed by atoms with Crippen LogP contribution in [0.15, 0.2) is 18.5 Å². The van der Waals surface area contributed by atoms with E-state index >= 15 is 0 Å². The molecular weight excluding hydrogens is 216 g/mol. The highest BCUT2D eigenvalue weighted by molar-refractivity contribution is 5.98. The van der Waals surface area contributed by atoms with Crippen molar-refractivity contribution in [2.24, 2.45) is 0 Å². The van der Waals surface area contributed by atoms with Crippen LogP contribution >= 0.6 is 0 Å². The van der Waals surface area contributed by atoms with Crippen molar-refractivity contribution in [3.63, 3.8) is 0 Å². The number of nitrogens with one attached hydrogen (secondary N) is 1. The molecule has 1 aromatic heterocycles. The fourth-order valence-corrected chi connectivity index (χ4v) is 1.000. The van der Waals surface area contributed by atoms with Crippen molar-refractivity contribution in [1.82, 2.24) is 10.3 Å². The fraction of sp³-hybridized carbons (Fsp3) is 0.222. The number of carboxylic acid groups (broad SMARTS) is 1. The Balaban J connectivity index is 2.80. The monoisotopic (exact) mass is 226 g/mol. The highest BCUT2D eigenvalue weighted by atomic mass is 16.4. The van der Waals surface area contributed by atoms with Crippen LogP contribution in [0.3, 0.4) is 0 Å². The molecule has 1 amide bonds. The smallest absolute Gasteiger partial charge is 0.328 e. The van der Waals surface area contributed by atoms with E-state index in [0.717, 1.165) is 6.20 Å². The second kappa shape index (κ2) is 5.08. The molecule has 7 nitrogen and oxygen atoms in total. The minimum absolute atomic E-state index is 0.102. The number of nitrogens with zero attached hydrogens (tertiary/aromatic N) is 1. The molecule has 1 atom stereocenters. The Morgan fingerprint density at radius 1 is 1.50 bits per heavy atom. The topological polar surface area (TPSA) is 120 Å². The van der Waals surface area contributed by atoms with E-state index in [9.17, 15) is 14.7 Å². The number of aromatic hydroxyl groups is 1. The van der Waals surface area contributed by atoms with Crippen molar-refractivity contribution in [3.8, 4) is 5.75 Å². The summed E-state index contributed by atoms with van der Waals surface area (Å²) in [7, 11) is 0. The standard InChI is InChI=1S/C9H10N2O5/c12-4-6(9(15)16)11-8(14)5-1-2-10-3-7(5)13/h1-3,6,12-13H,4H2,(H,11,14)(H,15,16). The van der Waals surface area contributed by atoms with Crippen molar-refractivity contribution in [1.29, 1.82) is 0 Å². The molecule has 1 heterocycles. The van der Waals surface area contributed by atoms with Gasteiger partial charge in [0.15, 0.2) is 6.04 Å². The molecule has 0 aliphatic rings. The Labute approximate surface area is 90.4 Å². The lowest BCUT2D eigenvalue weighted by Crippen LogP contribution is -2.43. The molecular formula is C9H10N2O5. The van der Waals surface area contributed by atoms with Gasteiger partial charge in [0.2, 0.25) is 0 Å². The number of rotatable bonds is 4. The molecule has 7 heteroatoms. The number of hydrogen-bond donors (Lipinski definition) is 4. The molecule has 0 aromatic carbocycles. The van der Waals surface area contributed by atoms with E-state index in [-0.39, 0.29) is 11.3 Å². The van der Waals surface area contributed by atoms with Crippen LogP contribution in [-0.2, 0) is 4.79 Å². The van der Waals surface area contributed by atoms with Gasteiger partial charge in [0.05, 0.1) is 18.4 Å². The van der Waals surface area contributed by atoms with Crippen LogP contribution in [-0.4, -0.2) is 44.8 Å². The van der Waals surface area contributed by atoms with Crippen molar-refractivity contribution in [2.75, 3.05) is 6.61 Å². The van der Waals surface area contributed by atoms with Gasteiger partial charge in [-0.3, -0.25) is 9.78 Å². The summed E-state index contributed by atoms with van der Waals surface area (Å²) in [5.41, 5.74) is -0.102. The number of carbonyl (C=O) groups is 2. The van der Waals surface area contributed by atoms with Gasteiger partial charge < -0.3 is 20.6 Å². The predicted molar refractivity (Wildman–Crippen MR) is 51.9 cm³/mol. The summed E-state index contributed by atoms with van der Waals surface area (Å²) in [4.78, 5) is 25.6. The molecule has 1 aromatic rings. The van der Waals surface area contributed by atoms with Crippen molar-refractivity contribution >= 4 is 11.9 Å². The first-order chi connectivity index (χ1) is 7.56. The molecule has 0 bridgehead atoms. The zero-order valence-electron chi connectivity index (χ0n) is 8.12. The summed E-state index contributed by atoms with van der Waals surface area (Å²) in [6.07, 6.45) is 2.34. The van der Waals surface area contributed by atoms with Gasteiger partial charge in [0.1, 0.15) is 5.75 Å². The van der Waals surface area contributed by atoms with Gasteiger partial charge in [-0.25, -0.2) is 4.79 Å². The first-order valence-electron chi connectivity index (χ1n) is 4.33. The van der Waals surface area contributed by atoms with E-state index in [4.69, 9.17) is 10.2 Å². The van der Waals surface area contributed by atoms with Crippen molar-refractivity contribution in [2.45, 2.75) is 6.04 Å². The van der Waals surface area contributed by atoms with Crippen molar-refractivity contribution in [3.05, 3.63) is 24.0 Å². The van der Waals surface area contributed by atoms with Gasteiger partial charge in [0.25, 0.3) is 5.91 Å². The third kappa shape index (κ3) is 2.67. The molecule has 0 saturated carbocycles. The van der Waals surface area contributed by atoms with E-state index in [1.807, 2.05) is 5.32 Å². The second-order valence-electron chi connectivity index (χ2n) is 2.94. The van der Waals surface area contributed by atoms with Crippen molar-refractivity contribution < 1.29 is 24.9 Å². The van der Waals surface area contributed by atoms with Crippen LogP contribution in [0.5, 0.6) is 5.75 Å². The highest BCUT2D eigenvalue weighted by Gasteiger charge is 2.20. The molecule has 0 aliphatic carbocycles. The van der Waals surface area contributed by atoms with Gasteiger partial charge >= 0.3 is 5.97 Å². The summed E-state index contributed by atoms with van der Waals surface area (Å²) < 4.78 is 0. The first kappa shape index (κ1) is 11.9. The summed E-state index contributed by atoms with van der Waals surface area (Å²) >= 11 is 0. The lowest BCUT2D eigenvalue weighted by Gasteiger charge is -2.11. The predicted octanol–water partition coefficient (Wildman–Crippen LogP) is -1.04. The number of carbonyl (C=O) groups excluding carboxylic acids is 1. The highest BCUT2D eigenvalue weighted by Crippen LogP contribution is 2.13. The average molecular weight is 226 g/mol. The number of aliphatic hydroxyl groups is 1. The van der Waals surface area contributed by atoms with Gasteiger partial charge in [-0.05, 0) is 6.07 Å². The minimum Gasteiger partial charge on any atom is -0.505 e. The Hall–Kier alpha value is -2.15. The quantitative estimate of drug-likeness (QED) is 0.520. The summed E-state index contributed by atoms with van der Waals surface area (Å²) in [6.45, 7) is -0.729. The van der Waals surface area contributed by atoms with E-state index in [0.29, 0.717) is 0 Å². The maximum absolute atomic E-state index is 11.5. The molecule has 1 rings (SSSR count). The molecule has 0 saturated heterocycles. The summed E-state index contributed by atoms with van der Waals surface area (Å²) in [5.74, 6) is -2.51. The Morgan fingerprint density at radius 3 is 2.69 bits per heavy atom. The maximum Gasteiger partial charge on any atom is 0.328 e. The summed E-state index contributed by atoms with van der Waals surface area (Å²) in [6, 6.07) is -0.166. The first-order valence-corrected chi connectivity index (χ1v) is 4.33. The molecule has 0 radical (unpaired) electrons. The third-order valence-electron chi connectivity index (χ3n) is 1.83. The number of carboxylic acids is 1. The van der Waals surface area contributed by atoms with Crippen LogP contribution < -0.4 is 5.32 Å². The third-order valence-corrected chi connectivity index (χ3v) is 1.83. The molecule has 4 N–H and O–H groups in total. The lowest BCUT2D eigenvalue weighted by molar-refractivity contribution is -0.140. The Morgan fingerprint density at radius 2 is 2.19 bits per heavy atom. The Bertz CT molecular complexity index is 407. The number of aliphatic carboxylic acids is 1. The van der Waals surface area contributed by atoms with E-state index in [1.165, 1.54) is 12.3 Å². The van der Waals surface area contributed by atoms with Gasteiger partial charge in [-0.2, -0.15) is 0 Å². The Kier molecular flexibility index (Phi) is 3.78. The largest absolute Gasteiger partial charge is 0.505 e. The summed E-state index contributed by atoms with van der Waals surface area (Å²) in [5, 5.41) is 28.6. The normalized spacial score (nSPS) is 11.8. The molecule has 86 valence electrons. The fourth-order valence-electron chi connectivity index (χ4n) is 1.000.